The Morgan fingerprint density at radius 1 is 1.09 bits per heavy atom. The molecule has 4 aromatic rings. The summed E-state index contributed by atoms with van der Waals surface area (Å²) in [4.78, 5) is 0.0996. The number of hydrogen-bond acceptors (Lipinski definition) is 7. The SMILES string of the molecule is COc1cccc(C)c1-n1c(CS(=O)(=O)c2cccc([C@@H](C)O)c2)nnc1-c1ccc(C)o1. The average molecular weight is 468 g/mol. The van der Waals surface area contributed by atoms with Gasteiger partial charge in [0, 0.05) is 0 Å². The van der Waals surface area contributed by atoms with Gasteiger partial charge in [0.2, 0.25) is 5.82 Å². The van der Waals surface area contributed by atoms with Gasteiger partial charge in [-0.2, -0.15) is 0 Å². The van der Waals surface area contributed by atoms with Crippen LogP contribution in [0.3, 0.4) is 0 Å². The first-order chi connectivity index (χ1) is 15.7. The molecule has 1 atom stereocenters. The van der Waals surface area contributed by atoms with E-state index in [1.54, 1.807) is 48.9 Å². The molecule has 0 spiro atoms. The van der Waals surface area contributed by atoms with Gasteiger partial charge in [-0.15, -0.1) is 10.2 Å². The van der Waals surface area contributed by atoms with Crippen molar-refractivity contribution >= 4 is 9.84 Å². The summed E-state index contributed by atoms with van der Waals surface area (Å²) in [6.45, 7) is 5.31. The second kappa shape index (κ2) is 8.84. The number of aromatic nitrogens is 3. The van der Waals surface area contributed by atoms with Gasteiger partial charge >= 0.3 is 0 Å². The largest absolute Gasteiger partial charge is 0.495 e. The summed E-state index contributed by atoms with van der Waals surface area (Å²) in [7, 11) is -2.25. The van der Waals surface area contributed by atoms with Crippen molar-refractivity contribution in [3.05, 3.63) is 77.3 Å². The Kier molecular flexibility index (Phi) is 6.09. The summed E-state index contributed by atoms with van der Waals surface area (Å²) in [5, 5.41) is 18.4. The molecule has 4 rings (SSSR count). The van der Waals surface area contributed by atoms with E-state index in [4.69, 9.17) is 9.15 Å². The predicted molar refractivity (Wildman–Crippen MR) is 123 cm³/mol. The molecule has 33 heavy (non-hydrogen) atoms. The third kappa shape index (κ3) is 4.42. The van der Waals surface area contributed by atoms with E-state index in [1.807, 2.05) is 26.0 Å². The zero-order valence-electron chi connectivity index (χ0n) is 18.8. The Bertz CT molecular complexity index is 1400. The lowest BCUT2D eigenvalue weighted by molar-refractivity contribution is 0.199. The number of para-hydroxylation sites is 1. The average Bonchev–Trinajstić information content (AvgIpc) is 3.39. The molecule has 0 aliphatic rings. The van der Waals surface area contributed by atoms with E-state index in [1.165, 1.54) is 12.1 Å². The lowest BCUT2D eigenvalue weighted by Gasteiger charge is -2.16. The summed E-state index contributed by atoms with van der Waals surface area (Å²) in [5.74, 6) is 1.90. The third-order valence-corrected chi connectivity index (χ3v) is 6.96. The van der Waals surface area contributed by atoms with Gasteiger partial charge in [-0.25, -0.2) is 8.42 Å². The first kappa shape index (κ1) is 22.8. The minimum absolute atomic E-state index is 0.0996. The van der Waals surface area contributed by atoms with E-state index in [9.17, 15) is 13.5 Å². The number of rotatable bonds is 7. The number of benzene rings is 2. The predicted octanol–water partition coefficient (Wildman–Crippen LogP) is 4.18. The van der Waals surface area contributed by atoms with Gasteiger partial charge in [0.1, 0.15) is 17.3 Å². The molecule has 2 aromatic carbocycles. The van der Waals surface area contributed by atoms with Crippen LogP contribution in [-0.2, 0) is 15.6 Å². The molecular formula is C24H25N3O5S. The molecule has 0 amide bonds. The fourth-order valence-electron chi connectivity index (χ4n) is 3.66. The van der Waals surface area contributed by atoms with Crippen molar-refractivity contribution < 1.29 is 22.7 Å². The molecule has 0 aliphatic carbocycles. The lowest BCUT2D eigenvalue weighted by Crippen LogP contribution is -2.13. The molecule has 8 nitrogen and oxygen atoms in total. The Hall–Kier alpha value is -3.43. The number of methoxy groups -OCH3 is 1. The number of aryl methyl sites for hydroxylation is 2. The highest BCUT2D eigenvalue weighted by molar-refractivity contribution is 7.90. The molecule has 2 aromatic heterocycles. The lowest BCUT2D eigenvalue weighted by atomic mass is 10.1. The van der Waals surface area contributed by atoms with Crippen LogP contribution in [0.1, 0.15) is 35.7 Å². The maximum absolute atomic E-state index is 13.3. The van der Waals surface area contributed by atoms with Crippen molar-refractivity contribution in [3.8, 4) is 23.0 Å². The van der Waals surface area contributed by atoms with Crippen LogP contribution in [-0.4, -0.2) is 35.4 Å². The van der Waals surface area contributed by atoms with Gasteiger partial charge in [-0.3, -0.25) is 4.57 Å². The second-order valence-electron chi connectivity index (χ2n) is 7.82. The van der Waals surface area contributed by atoms with E-state index in [2.05, 4.69) is 10.2 Å². The third-order valence-electron chi connectivity index (χ3n) is 5.35. The normalized spacial score (nSPS) is 12.6. The van der Waals surface area contributed by atoms with Gasteiger partial charge in [0.05, 0.1) is 23.8 Å². The molecular weight excluding hydrogens is 442 g/mol. The Labute approximate surface area is 192 Å². The standard InChI is InChI=1S/C24H25N3O5S/c1-15-7-5-10-20(31-4)23(15)27-22(25-26-24(27)21-12-11-16(2)32-21)14-33(29,30)19-9-6-8-18(13-19)17(3)28/h5-13,17,28H,14H2,1-4H3/t17-/m1/s1. The van der Waals surface area contributed by atoms with Gasteiger partial charge in [-0.1, -0.05) is 24.3 Å². The molecule has 9 heteroatoms. The van der Waals surface area contributed by atoms with Crippen LogP contribution in [0.2, 0.25) is 0 Å². The van der Waals surface area contributed by atoms with Crippen molar-refractivity contribution in [2.45, 2.75) is 37.5 Å². The summed E-state index contributed by atoms with van der Waals surface area (Å²) < 4.78 is 39.7. The Balaban J connectivity index is 1.88. The molecule has 0 radical (unpaired) electrons. The van der Waals surface area contributed by atoms with E-state index < -0.39 is 21.7 Å². The number of aliphatic hydroxyl groups is 1. The fraction of sp³-hybridized carbons (Fsp3) is 0.250. The first-order valence-electron chi connectivity index (χ1n) is 10.4. The molecule has 0 unspecified atom stereocenters. The van der Waals surface area contributed by atoms with Crippen molar-refractivity contribution in [3.63, 3.8) is 0 Å². The fourth-order valence-corrected chi connectivity index (χ4v) is 4.96. The summed E-state index contributed by atoms with van der Waals surface area (Å²) in [6.07, 6.45) is -0.783. The molecule has 0 saturated heterocycles. The maximum Gasteiger partial charge on any atom is 0.204 e. The van der Waals surface area contributed by atoms with E-state index in [0.29, 0.717) is 34.3 Å². The summed E-state index contributed by atoms with van der Waals surface area (Å²) >= 11 is 0. The van der Waals surface area contributed by atoms with E-state index in [-0.39, 0.29) is 10.7 Å². The number of hydrogen-bond donors (Lipinski definition) is 1. The molecule has 0 fully saturated rings. The summed E-state index contributed by atoms with van der Waals surface area (Å²) in [6, 6.07) is 15.4. The monoisotopic (exact) mass is 467 g/mol. The van der Waals surface area contributed by atoms with Crippen molar-refractivity contribution in [1.29, 1.82) is 0 Å². The number of sulfone groups is 1. The molecule has 172 valence electrons. The first-order valence-corrected chi connectivity index (χ1v) is 12.0. The minimum atomic E-state index is -3.80. The molecule has 0 aliphatic heterocycles. The van der Waals surface area contributed by atoms with Crippen LogP contribution in [0.5, 0.6) is 5.75 Å². The van der Waals surface area contributed by atoms with Crippen LogP contribution in [0.4, 0.5) is 0 Å². The van der Waals surface area contributed by atoms with Crippen molar-refractivity contribution in [2.75, 3.05) is 7.11 Å². The quantitative estimate of drug-likeness (QED) is 0.434. The van der Waals surface area contributed by atoms with Crippen LogP contribution in [0.15, 0.2) is 63.9 Å². The topological polar surface area (TPSA) is 107 Å². The van der Waals surface area contributed by atoms with Gasteiger partial charge in [0.15, 0.2) is 21.4 Å². The van der Waals surface area contributed by atoms with E-state index >= 15 is 0 Å². The number of ether oxygens (including phenoxy) is 1. The number of aliphatic hydroxyl groups excluding tert-OH is 1. The van der Waals surface area contributed by atoms with Crippen LogP contribution >= 0.6 is 0 Å². The van der Waals surface area contributed by atoms with E-state index in [0.717, 1.165) is 5.56 Å². The van der Waals surface area contributed by atoms with Crippen molar-refractivity contribution in [2.24, 2.45) is 0 Å². The highest BCUT2D eigenvalue weighted by Gasteiger charge is 2.26. The van der Waals surface area contributed by atoms with Crippen LogP contribution in [0.25, 0.3) is 17.3 Å². The van der Waals surface area contributed by atoms with Crippen molar-refractivity contribution in [1.82, 2.24) is 14.8 Å². The minimum Gasteiger partial charge on any atom is -0.495 e. The number of furan rings is 1. The van der Waals surface area contributed by atoms with Gasteiger partial charge in [-0.05, 0) is 62.2 Å². The van der Waals surface area contributed by atoms with Crippen LogP contribution in [0, 0.1) is 13.8 Å². The second-order valence-corrected chi connectivity index (χ2v) is 9.81. The van der Waals surface area contributed by atoms with Crippen LogP contribution < -0.4 is 4.74 Å². The Morgan fingerprint density at radius 2 is 1.85 bits per heavy atom. The highest BCUT2D eigenvalue weighted by atomic mass is 32.2. The number of nitrogens with zero attached hydrogens (tertiary/aromatic N) is 3. The zero-order chi connectivity index (χ0) is 23.8. The maximum atomic E-state index is 13.3. The van der Waals surface area contributed by atoms with Gasteiger partial charge in [0.25, 0.3) is 0 Å². The smallest absolute Gasteiger partial charge is 0.204 e. The molecule has 0 bridgehead atoms. The molecule has 1 N–H and O–H groups in total. The summed E-state index contributed by atoms with van der Waals surface area (Å²) in [5.41, 5.74) is 2.01. The Morgan fingerprint density at radius 3 is 2.52 bits per heavy atom. The molecule has 0 saturated carbocycles. The highest BCUT2D eigenvalue weighted by Crippen LogP contribution is 2.33. The molecule has 2 heterocycles. The van der Waals surface area contributed by atoms with Gasteiger partial charge < -0.3 is 14.3 Å². The zero-order valence-corrected chi connectivity index (χ0v) is 19.6.